The van der Waals surface area contributed by atoms with Gasteiger partial charge < -0.3 is 5.32 Å². The molecule has 6 nitrogen and oxygen atoms in total. The van der Waals surface area contributed by atoms with E-state index in [1.807, 2.05) is 13.0 Å². The number of non-ortho nitro benzene ring substituents is 1. The molecule has 0 saturated carbocycles. The molecule has 7 heteroatoms. The number of nitro benzene ring substituents is 1. The first-order valence-electron chi connectivity index (χ1n) is 6.78. The van der Waals surface area contributed by atoms with Gasteiger partial charge in [0.25, 0.3) is 5.69 Å². The predicted octanol–water partition coefficient (Wildman–Crippen LogP) is 2.96. The molecule has 0 bridgehead atoms. The molecule has 2 rings (SSSR count). The van der Waals surface area contributed by atoms with Gasteiger partial charge in [0.2, 0.25) is 0 Å². The molecule has 1 aromatic heterocycles. The fourth-order valence-corrected chi connectivity index (χ4v) is 2.76. The first kappa shape index (κ1) is 15.5. The Morgan fingerprint density at radius 2 is 2.10 bits per heavy atom. The first-order valence-corrected chi connectivity index (χ1v) is 7.59. The van der Waals surface area contributed by atoms with Gasteiger partial charge in [0.1, 0.15) is 10.0 Å². The predicted molar refractivity (Wildman–Crippen MR) is 83.6 cm³/mol. The number of nitro groups is 1. The summed E-state index contributed by atoms with van der Waals surface area (Å²) >= 11 is 1.48. The van der Waals surface area contributed by atoms with E-state index in [-0.39, 0.29) is 10.6 Å². The minimum atomic E-state index is -0.384. The fraction of sp³-hybridized carbons (Fsp3) is 0.429. The number of nitrogens with one attached hydrogen (secondary N) is 1. The Labute approximate surface area is 127 Å². The average Bonchev–Trinajstić information content (AvgIpc) is 2.86. The van der Waals surface area contributed by atoms with Crippen molar-refractivity contribution in [3.8, 4) is 10.6 Å². The second kappa shape index (κ2) is 6.73. The number of benzene rings is 1. The molecule has 0 amide bonds. The van der Waals surface area contributed by atoms with Crippen LogP contribution >= 0.6 is 11.3 Å². The molecule has 1 aromatic carbocycles. The van der Waals surface area contributed by atoms with Crippen molar-refractivity contribution in [1.29, 1.82) is 0 Å². The maximum Gasteiger partial charge on any atom is 0.270 e. The van der Waals surface area contributed by atoms with Crippen LogP contribution in [-0.4, -0.2) is 27.7 Å². The monoisotopic (exact) mass is 306 g/mol. The molecule has 0 saturated heterocycles. The number of hydrogen-bond donors (Lipinski definition) is 1. The van der Waals surface area contributed by atoms with Gasteiger partial charge in [-0.2, -0.15) is 0 Å². The summed E-state index contributed by atoms with van der Waals surface area (Å²) in [6.45, 7) is 6.88. The lowest BCUT2D eigenvalue weighted by molar-refractivity contribution is -0.384. The Balaban J connectivity index is 2.15. The van der Waals surface area contributed by atoms with Crippen molar-refractivity contribution in [3.05, 3.63) is 38.9 Å². The molecule has 1 N–H and O–H groups in total. The second-order valence-corrected chi connectivity index (χ2v) is 6.24. The molecule has 112 valence electrons. The van der Waals surface area contributed by atoms with Crippen molar-refractivity contribution < 1.29 is 4.92 Å². The zero-order chi connectivity index (χ0) is 15.4. The van der Waals surface area contributed by atoms with Crippen LogP contribution in [0.2, 0.25) is 0 Å². The van der Waals surface area contributed by atoms with Crippen molar-refractivity contribution in [2.75, 3.05) is 6.54 Å². The Morgan fingerprint density at radius 3 is 2.76 bits per heavy atom. The summed E-state index contributed by atoms with van der Waals surface area (Å²) < 4.78 is 0. The second-order valence-electron chi connectivity index (χ2n) is 5.17. The van der Waals surface area contributed by atoms with E-state index in [0.717, 1.165) is 34.1 Å². The third-order valence-corrected chi connectivity index (χ3v) is 3.91. The lowest BCUT2D eigenvalue weighted by Crippen LogP contribution is -2.24. The third kappa shape index (κ3) is 4.30. The van der Waals surface area contributed by atoms with Crippen molar-refractivity contribution >= 4 is 17.0 Å². The lowest BCUT2D eigenvalue weighted by Gasteiger charge is -2.05. The minimum Gasteiger partial charge on any atom is -0.314 e. The van der Waals surface area contributed by atoms with Crippen LogP contribution < -0.4 is 5.32 Å². The summed E-state index contributed by atoms with van der Waals surface area (Å²) in [6.07, 6.45) is 0.809. The summed E-state index contributed by atoms with van der Waals surface area (Å²) in [4.78, 5) is 10.5. The fourth-order valence-electron chi connectivity index (χ4n) is 1.93. The SMILES string of the molecule is Cc1cc(-c2nnc(CCNC(C)C)s2)cc([N+](=O)[O-])c1. The molecule has 0 aliphatic heterocycles. The van der Waals surface area contributed by atoms with Crippen LogP contribution in [0.4, 0.5) is 5.69 Å². The van der Waals surface area contributed by atoms with Gasteiger partial charge >= 0.3 is 0 Å². The van der Waals surface area contributed by atoms with Crippen molar-refractivity contribution in [1.82, 2.24) is 15.5 Å². The topological polar surface area (TPSA) is 81.0 Å². The molecule has 0 spiro atoms. The largest absolute Gasteiger partial charge is 0.314 e. The Kier molecular flexibility index (Phi) is 4.98. The van der Waals surface area contributed by atoms with Gasteiger partial charge in [0.05, 0.1) is 4.92 Å². The Morgan fingerprint density at radius 1 is 1.33 bits per heavy atom. The summed E-state index contributed by atoms with van der Waals surface area (Å²) in [7, 11) is 0. The maximum absolute atomic E-state index is 10.9. The quantitative estimate of drug-likeness (QED) is 0.655. The number of hydrogen-bond acceptors (Lipinski definition) is 6. The molecule has 21 heavy (non-hydrogen) atoms. The first-order chi connectivity index (χ1) is 9.95. The van der Waals surface area contributed by atoms with Gasteiger partial charge in [-0.25, -0.2) is 0 Å². The molecule has 0 atom stereocenters. The summed E-state index contributed by atoms with van der Waals surface area (Å²) in [5.41, 5.74) is 1.68. The van der Waals surface area contributed by atoms with Gasteiger partial charge in [-0.15, -0.1) is 10.2 Å². The highest BCUT2D eigenvalue weighted by atomic mass is 32.1. The highest BCUT2D eigenvalue weighted by molar-refractivity contribution is 7.14. The molecular formula is C14H18N4O2S. The van der Waals surface area contributed by atoms with Crippen molar-refractivity contribution in [2.24, 2.45) is 0 Å². The van der Waals surface area contributed by atoms with Gasteiger partial charge in [-0.1, -0.05) is 25.2 Å². The molecular weight excluding hydrogens is 288 g/mol. The molecule has 0 unspecified atom stereocenters. The van der Waals surface area contributed by atoms with Crippen LogP contribution in [0.15, 0.2) is 18.2 Å². The summed E-state index contributed by atoms with van der Waals surface area (Å²) in [6, 6.07) is 5.43. The summed E-state index contributed by atoms with van der Waals surface area (Å²) in [5, 5.41) is 24.2. The van der Waals surface area contributed by atoms with Gasteiger partial charge in [-0.3, -0.25) is 10.1 Å². The van der Waals surface area contributed by atoms with E-state index in [9.17, 15) is 10.1 Å². The minimum absolute atomic E-state index is 0.0863. The molecule has 1 heterocycles. The van der Waals surface area contributed by atoms with Crippen LogP contribution in [0.1, 0.15) is 24.4 Å². The highest BCUT2D eigenvalue weighted by Crippen LogP contribution is 2.28. The summed E-state index contributed by atoms with van der Waals surface area (Å²) in [5.74, 6) is 0. The zero-order valence-electron chi connectivity index (χ0n) is 12.3. The lowest BCUT2D eigenvalue weighted by atomic mass is 10.1. The van der Waals surface area contributed by atoms with Gasteiger partial charge in [-0.05, 0) is 18.6 Å². The van der Waals surface area contributed by atoms with Crippen LogP contribution in [-0.2, 0) is 6.42 Å². The van der Waals surface area contributed by atoms with E-state index in [2.05, 4.69) is 29.4 Å². The van der Waals surface area contributed by atoms with E-state index < -0.39 is 0 Å². The van der Waals surface area contributed by atoms with E-state index in [0.29, 0.717) is 6.04 Å². The van der Waals surface area contributed by atoms with E-state index >= 15 is 0 Å². The van der Waals surface area contributed by atoms with Gasteiger partial charge in [0.15, 0.2) is 0 Å². The van der Waals surface area contributed by atoms with Crippen molar-refractivity contribution in [2.45, 2.75) is 33.2 Å². The van der Waals surface area contributed by atoms with Gasteiger partial charge in [0, 0.05) is 36.7 Å². The van der Waals surface area contributed by atoms with Crippen LogP contribution in [0, 0.1) is 17.0 Å². The van der Waals surface area contributed by atoms with Crippen molar-refractivity contribution in [3.63, 3.8) is 0 Å². The molecule has 0 aliphatic carbocycles. The number of rotatable bonds is 6. The molecule has 0 radical (unpaired) electrons. The average molecular weight is 306 g/mol. The molecule has 0 fully saturated rings. The van der Waals surface area contributed by atoms with E-state index in [4.69, 9.17) is 0 Å². The zero-order valence-corrected chi connectivity index (χ0v) is 13.1. The number of nitrogens with zero attached hydrogens (tertiary/aromatic N) is 3. The Bertz CT molecular complexity index is 640. The maximum atomic E-state index is 10.9. The number of aromatic nitrogens is 2. The highest BCUT2D eigenvalue weighted by Gasteiger charge is 2.13. The molecule has 2 aromatic rings. The Hall–Kier alpha value is -1.86. The van der Waals surface area contributed by atoms with E-state index in [1.54, 1.807) is 12.1 Å². The van der Waals surface area contributed by atoms with Crippen LogP contribution in [0.5, 0.6) is 0 Å². The third-order valence-electron chi connectivity index (χ3n) is 2.88. The molecule has 0 aliphatic rings. The normalized spacial score (nSPS) is 11.0. The smallest absolute Gasteiger partial charge is 0.270 e. The van der Waals surface area contributed by atoms with Crippen LogP contribution in [0.25, 0.3) is 10.6 Å². The van der Waals surface area contributed by atoms with Crippen LogP contribution in [0.3, 0.4) is 0 Å². The van der Waals surface area contributed by atoms with E-state index in [1.165, 1.54) is 11.3 Å². The standard InChI is InChI=1S/C14H18N4O2S/c1-9(2)15-5-4-13-16-17-14(21-13)11-6-10(3)7-12(8-11)18(19)20/h6-9,15H,4-5H2,1-3H3. The number of aryl methyl sites for hydroxylation is 1.